The minimum absolute atomic E-state index is 0.202. The Hall–Kier alpha value is -2.49. The van der Waals surface area contributed by atoms with Crippen molar-refractivity contribution in [3.05, 3.63) is 59.7 Å². The van der Waals surface area contributed by atoms with Crippen LogP contribution in [0.1, 0.15) is 24.0 Å². The Balaban J connectivity index is 1.46. The highest BCUT2D eigenvalue weighted by Crippen LogP contribution is 2.24. The van der Waals surface area contributed by atoms with Gasteiger partial charge in [0.05, 0.1) is 13.7 Å². The van der Waals surface area contributed by atoms with Crippen LogP contribution in [0.25, 0.3) is 0 Å². The Morgan fingerprint density at radius 2 is 1.92 bits per heavy atom. The number of para-hydroxylation sites is 1. The summed E-state index contributed by atoms with van der Waals surface area (Å²) in [7, 11) is 1.68. The van der Waals surface area contributed by atoms with Crippen LogP contribution in [0.3, 0.4) is 0 Å². The van der Waals surface area contributed by atoms with Crippen LogP contribution in [0.15, 0.2) is 48.5 Å². The summed E-state index contributed by atoms with van der Waals surface area (Å²) in [6.45, 7) is 2.04. The lowest BCUT2D eigenvalue weighted by atomic mass is 9.99. The van der Waals surface area contributed by atoms with Crippen molar-refractivity contribution in [3.8, 4) is 11.5 Å². The molecule has 0 saturated heterocycles. The number of hydrogen-bond donors (Lipinski definition) is 0. The van der Waals surface area contributed by atoms with Gasteiger partial charge in [-0.2, -0.15) is 0 Å². The molecule has 4 heteroatoms. The molecule has 0 bridgehead atoms. The first kappa shape index (κ1) is 16.4. The fraction of sp³-hybridized carbons (Fsp3) is 0.350. The highest BCUT2D eigenvalue weighted by Gasteiger charge is 2.20. The van der Waals surface area contributed by atoms with Crippen LogP contribution < -0.4 is 9.47 Å². The first-order valence-corrected chi connectivity index (χ1v) is 8.37. The first-order chi connectivity index (χ1) is 11.8. The second kappa shape index (κ2) is 7.86. The lowest BCUT2D eigenvalue weighted by molar-refractivity contribution is -0.132. The highest BCUT2D eigenvalue weighted by atomic mass is 16.5. The van der Waals surface area contributed by atoms with Gasteiger partial charge >= 0.3 is 0 Å². The molecule has 4 nitrogen and oxygen atoms in total. The van der Waals surface area contributed by atoms with Gasteiger partial charge in [0.2, 0.25) is 5.91 Å². The molecule has 1 heterocycles. The Labute approximate surface area is 143 Å². The second-order valence-corrected chi connectivity index (χ2v) is 5.97. The second-order valence-electron chi connectivity index (χ2n) is 5.97. The van der Waals surface area contributed by atoms with Gasteiger partial charge in [0.1, 0.15) is 11.5 Å². The van der Waals surface area contributed by atoms with Gasteiger partial charge < -0.3 is 14.4 Å². The normalized spacial score (nSPS) is 13.3. The van der Waals surface area contributed by atoms with Crippen molar-refractivity contribution in [1.82, 2.24) is 4.90 Å². The van der Waals surface area contributed by atoms with E-state index in [1.165, 1.54) is 11.1 Å². The van der Waals surface area contributed by atoms with Crippen LogP contribution in [-0.2, 0) is 17.8 Å². The molecule has 0 saturated carbocycles. The van der Waals surface area contributed by atoms with Crippen molar-refractivity contribution in [3.63, 3.8) is 0 Å². The molecule has 126 valence electrons. The molecule has 1 amide bonds. The van der Waals surface area contributed by atoms with Gasteiger partial charge in [-0.15, -0.1) is 0 Å². The van der Waals surface area contributed by atoms with Gasteiger partial charge in [0.25, 0.3) is 0 Å². The first-order valence-electron chi connectivity index (χ1n) is 8.37. The quantitative estimate of drug-likeness (QED) is 0.764. The maximum Gasteiger partial charge on any atom is 0.223 e. The zero-order valence-corrected chi connectivity index (χ0v) is 14.0. The third-order valence-corrected chi connectivity index (χ3v) is 4.33. The zero-order chi connectivity index (χ0) is 16.8. The van der Waals surface area contributed by atoms with Gasteiger partial charge in [0, 0.05) is 19.5 Å². The van der Waals surface area contributed by atoms with Crippen molar-refractivity contribution >= 4 is 5.91 Å². The predicted octanol–water partition coefficient (Wildman–Crippen LogP) is 3.44. The van der Waals surface area contributed by atoms with Crippen LogP contribution in [0.4, 0.5) is 0 Å². The Morgan fingerprint density at radius 3 is 2.71 bits per heavy atom. The molecule has 0 aromatic heterocycles. The van der Waals surface area contributed by atoms with Crippen molar-refractivity contribution in [2.24, 2.45) is 0 Å². The fourth-order valence-corrected chi connectivity index (χ4v) is 2.96. The number of ether oxygens (including phenoxy) is 2. The summed E-state index contributed by atoms with van der Waals surface area (Å²) in [5.74, 6) is 1.94. The molecule has 1 aliphatic rings. The molecule has 0 atom stereocenters. The lowest BCUT2D eigenvalue weighted by Crippen LogP contribution is -2.36. The van der Waals surface area contributed by atoms with E-state index in [-0.39, 0.29) is 5.91 Å². The summed E-state index contributed by atoms with van der Waals surface area (Å²) in [6.07, 6.45) is 2.15. The average Bonchev–Trinajstić information content (AvgIpc) is 2.65. The van der Waals surface area contributed by atoms with Crippen LogP contribution in [0.5, 0.6) is 11.5 Å². The smallest absolute Gasteiger partial charge is 0.223 e. The Kier molecular flexibility index (Phi) is 5.36. The van der Waals surface area contributed by atoms with Crippen molar-refractivity contribution in [1.29, 1.82) is 0 Å². The van der Waals surface area contributed by atoms with Crippen molar-refractivity contribution in [2.75, 3.05) is 20.3 Å². The molecule has 0 radical (unpaired) electrons. The molecule has 2 aromatic carbocycles. The zero-order valence-electron chi connectivity index (χ0n) is 14.0. The van der Waals surface area contributed by atoms with Crippen molar-refractivity contribution in [2.45, 2.75) is 25.8 Å². The van der Waals surface area contributed by atoms with Gasteiger partial charge in [-0.1, -0.05) is 24.3 Å². The largest absolute Gasteiger partial charge is 0.497 e. The summed E-state index contributed by atoms with van der Waals surface area (Å²) in [5.41, 5.74) is 2.50. The summed E-state index contributed by atoms with van der Waals surface area (Å²) in [5, 5.41) is 0. The SMILES string of the molecule is COc1ccc2c(c1)CCN(C(=O)CCCOc1ccccc1)C2. The Bertz CT molecular complexity index is 685. The molecular weight excluding hydrogens is 302 g/mol. The molecule has 24 heavy (non-hydrogen) atoms. The third kappa shape index (κ3) is 4.07. The molecule has 0 fully saturated rings. The summed E-state index contributed by atoms with van der Waals surface area (Å²) < 4.78 is 10.9. The highest BCUT2D eigenvalue weighted by molar-refractivity contribution is 5.76. The van der Waals surface area contributed by atoms with Crippen LogP contribution in [0.2, 0.25) is 0 Å². The monoisotopic (exact) mass is 325 g/mol. The number of amides is 1. The predicted molar refractivity (Wildman–Crippen MR) is 93.3 cm³/mol. The molecule has 0 spiro atoms. The fourth-order valence-electron chi connectivity index (χ4n) is 2.96. The lowest BCUT2D eigenvalue weighted by Gasteiger charge is -2.29. The molecule has 0 N–H and O–H groups in total. The molecular formula is C20H23NO3. The van der Waals surface area contributed by atoms with Gasteiger partial charge in [-0.3, -0.25) is 4.79 Å². The van der Waals surface area contributed by atoms with Crippen LogP contribution in [0, 0.1) is 0 Å². The van der Waals surface area contributed by atoms with E-state index >= 15 is 0 Å². The van der Waals surface area contributed by atoms with Crippen LogP contribution >= 0.6 is 0 Å². The van der Waals surface area contributed by atoms with Crippen molar-refractivity contribution < 1.29 is 14.3 Å². The van der Waals surface area contributed by atoms with E-state index in [4.69, 9.17) is 9.47 Å². The molecule has 3 rings (SSSR count). The van der Waals surface area contributed by atoms with E-state index in [2.05, 4.69) is 12.1 Å². The minimum Gasteiger partial charge on any atom is -0.497 e. The van der Waals surface area contributed by atoms with Gasteiger partial charge in [-0.05, 0) is 48.2 Å². The molecule has 2 aromatic rings. The summed E-state index contributed by atoms with van der Waals surface area (Å²) >= 11 is 0. The maximum atomic E-state index is 12.4. The van der Waals surface area contributed by atoms with E-state index in [1.54, 1.807) is 7.11 Å². The number of carbonyl (C=O) groups excluding carboxylic acids is 1. The van der Waals surface area contributed by atoms with Gasteiger partial charge in [-0.25, -0.2) is 0 Å². The average molecular weight is 325 g/mol. The van der Waals surface area contributed by atoms with E-state index in [1.807, 2.05) is 41.3 Å². The van der Waals surface area contributed by atoms with Crippen LogP contribution in [-0.4, -0.2) is 31.1 Å². The summed E-state index contributed by atoms with van der Waals surface area (Å²) in [6, 6.07) is 15.8. The number of nitrogens with zero attached hydrogens (tertiary/aromatic N) is 1. The standard InChI is InChI=1S/C20H23NO3/c1-23-19-10-9-17-15-21(12-11-16(17)14-19)20(22)8-5-13-24-18-6-3-2-4-7-18/h2-4,6-7,9-10,14H,5,8,11-13,15H2,1H3. The number of carbonyl (C=O) groups is 1. The number of methoxy groups -OCH3 is 1. The number of hydrogen-bond acceptors (Lipinski definition) is 3. The van der Waals surface area contributed by atoms with E-state index in [0.29, 0.717) is 19.6 Å². The molecule has 1 aliphatic heterocycles. The molecule has 0 aliphatic carbocycles. The Morgan fingerprint density at radius 1 is 1.08 bits per heavy atom. The molecule has 0 unspecified atom stereocenters. The van der Waals surface area contributed by atoms with E-state index in [0.717, 1.165) is 30.9 Å². The topological polar surface area (TPSA) is 38.8 Å². The van der Waals surface area contributed by atoms with E-state index < -0.39 is 0 Å². The third-order valence-electron chi connectivity index (χ3n) is 4.33. The summed E-state index contributed by atoms with van der Waals surface area (Å²) in [4.78, 5) is 14.3. The van der Waals surface area contributed by atoms with Gasteiger partial charge in [0.15, 0.2) is 0 Å². The maximum absolute atomic E-state index is 12.4. The minimum atomic E-state index is 0.202. The number of fused-ring (bicyclic) bond motifs is 1. The number of rotatable bonds is 6. The number of benzene rings is 2. The van der Waals surface area contributed by atoms with E-state index in [9.17, 15) is 4.79 Å².